The predicted molar refractivity (Wildman–Crippen MR) is 83.4 cm³/mol. The molecular weight excluding hydrogens is 372 g/mol. The number of hydrogen-bond donors (Lipinski definition) is 1. The molecule has 0 fully saturated rings. The molecule has 3 nitrogen and oxygen atoms in total. The van der Waals surface area contributed by atoms with Crippen molar-refractivity contribution >= 4 is 37.8 Å². The number of amides is 1. The van der Waals surface area contributed by atoms with Crippen LogP contribution in [0.1, 0.15) is 36.7 Å². The molecule has 0 unspecified atom stereocenters. The second-order valence-electron chi connectivity index (χ2n) is 5.28. The maximum Gasteiger partial charge on any atom is 0.235 e. The summed E-state index contributed by atoms with van der Waals surface area (Å²) in [5.41, 5.74) is 1.29. The van der Waals surface area contributed by atoms with Gasteiger partial charge in [-0.3, -0.25) is 4.79 Å². The van der Waals surface area contributed by atoms with Crippen LogP contribution in [0.4, 0.5) is 0 Å². The third-order valence-corrected chi connectivity index (χ3v) is 5.08. The number of carbonyl (C=O) groups excluding carboxylic acids is 1. The summed E-state index contributed by atoms with van der Waals surface area (Å²) < 4.78 is 0. The van der Waals surface area contributed by atoms with Gasteiger partial charge in [0.2, 0.25) is 5.91 Å². The highest BCUT2D eigenvalue weighted by atomic mass is 79.9. The third kappa shape index (κ3) is 4.96. The first-order valence-corrected chi connectivity index (χ1v) is 7.68. The third-order valence-electron chi connectivity index (χ3n) is 2.36. The fourth-order valence-corrected chi connectivity index (χ4v) is 2.45. The standard InChI is InChI=1S/C14H16Br2N2O/c1-14(2,3)18-13(19)12(16)11(15)10-6-4-9(8-17)5-7-10/h4-7,11-12H,1-3H3,(H,18,19)/t11-,12+/m0/s1. The van der Waals surface area contributed by atoms with Crippen LogP contribution in [0.5, 0.6) is 0 Å². The molecule has 0 saturated carbocycles. The van der Waals surface area contributed by atoms with Crippen LogP contribution in [0.3, 0.4) is 0 Å². The Morgan fingerprint density at radius 1 is 1.26 bits per heavy atom. The van der Waals surface area contributed by atoms with Crippen molar-refractivity contribution in [1.82, 2.24) is 5.32 Å². The van der Waals surface area contributed by atoms with E-state index in [1.54, 1.807) is 12.1 Å². The van der Waals surface area contributed by atoms with E-state index in [1.807, 2.05) is 32.9 Å². The first kappa shape index (κ1) is 16.2. The zero-order valence-corrected chi connectivity index (χ0v) is 14.2. The molecule has 1 amide bonds. The molecule has 0 radical (unpaired) electrons. The van der Waals surface area contributed by atoms with Crippen molar-refractivity contribution < 1.29 is 4.79 Å². The van der Waals surface area contributed by atoms with Crippen LogP contribution in [-0.4, -0.2) is 16.3 Å². The van der Waals surface area contributed by atoms with E-state index in [0.717, 1.165) is 5.56 Å². The first-order chi connectivity index (χ1) is 8.74. The lowest BCUT2D eigenvalue weighted by atomic mass is 10.1. The van der Waals surface area contributed by atoms with Crippen LogP contribution in [-0.2, 0) is 4.79 Å². The smallest absolute Gasteiger partial charge is 0.235 e. The number of halogens is 2. The zero-order chi connectivity index (χ0) is 14.6. The van der Waals surface area contributed by atoms with E-state index in [0.29, 0.717) is 5.56 Å². The van der Waals surface area contributed by atoms with Gasteiger partial charge in [0, 0.05) is 5.54 Å². The lowest BCUT2D eigenvalue weighted by Gasteiger charge is -2.24. The molecule has 1 aromatic carbocycles. The molecule has 0 aliphatic rings. The molecule has 0 heterocycles. The Hall–Kier alpha value is -0.860. The van der Waals surface area contributed by atoms with Gasteiger partial charge in [0.05, 0.1) is 16.5 Å². The molecule has 102 valence electrons. The van der Waals surface area contributed by atoms with Crippen molar-refractivity contribution in [3.05, 3.63) is 35.4 Å². The largest absolute Gasteiger partial charge is 0.350 e. The van der Waals surface area contributed by atoms with E-state index in [1.165, 1.54) is 0 Å². The summed E-state index contributed by atoms with van der Waals surface area (Å²) in [5, 5.41) is 11.7. The molecular formula is C14H16Br2N2O. The lowest BCUT2D eigenvalue weighted by molar-refractivity contribution is -0.121. The number of benzene rings is 1. The highest BCUT2D eigenvalue weighted by molar-refractivity contribution is 9.12. The van der Waals surface area contributed by atoms with E-state index in [9.17, 15) is 4.79 Å². The summed E-state index contributed by atoms with van der Waals surface area (Å²) in [6.45, 7) is 5.82. The number of nitrogens with one attached hydrogen (secondary N) is 1. The topological polar surface area (TPSA) is 52.9 Å². The molecule has 5 heteroatoms. The molecule has 0 spiro atoms. The van der Waals surface area contributed by atoms with Gasteiger partial charge in [-0.2, -0.15) is 5.26 Å². The molecule has 0 aliphatic heterocycles. The quantitative estimate of drug-likeness (QED) is 0.804. The first-order valence-electron chi connectivity index (χ1n) is 5.85. The number of rotatable bonds is 3. The minimum atomic E-state index is -0.375. The molecule has 1 N–H and O–H groups in total. The van der Waals surface area contributed by atoms with E-state index in [4.69, 9.17) is 5.26 Å². The number of hydrogen-bond acceptors (Lipinski definition) is 2. The van der Waals surface area contributed by atoms with Crippen molar-refractivity contribution in [2.45, 2.75) is 36.0 Å². The SMILES string of the molecule is CC(C)(C)NC(=O)[C@H](Br)[C@@H](Br)c1ccc(C#N)cc1. The molecule has 19 heavy (non-hydrogen) atoms. The number of alkyl halides is 2. The van der Waals surface area contributed by atoms with Crippen molar-refractivity contribution in [1.29, 1.82) is 5.26 Å². The zero-order valence-electron chi connectivity index (χ0n) is 11.1. The Kier molecular flexibility index (Phi) is 5.57. The van der Waals surface area contributed by atoms with Crippen LogP contribution in [0, 0.1) is 11.3 Å². The molecule has 0 aromatic heterocycles. The summed E-state index contributed by atoms with van der Waals surface area (Å²) in [6, 6.07) is 9.24. The molecule has 0 aliphatic carbocycles. The Labute approximate surface area is 130 Å². The fraction of sp³-hybridized carbons (Fsp3) is 0.429. The van der Waals surface area contributed by atoms with Gasteiger partial charge in [-0.25, -0.2) is 0 Å². The van der Waals surface area contributed by atoms with Crippen molar-refractivity contribution in [3.8, 4) is 6.07 Å². The molecule has 1 aromatic rings. The normalized spacial score (nSPS) is 14.3. The van der Waals surface area contributed by atoms with Crippen molar-refractivity contribution in [2.24, 2.45) is 0 Å². The molecule has 2 atom stereocenters. The summed E-state index contributed by atoms with van der Waals surface area (Å²) in [6.07, 6.45) is 0. The molecule has 0 bridgehead atoms. The van der Waals surface area contributed by atoms with Gasteiger partial charge in [-0.15, -0.1) is 0 Å². The lowest BCUT2D eigenvalue weighted by Crippen LogP contribution is -2.45. The van der Waals surface area contributed by atoms with Gasteiger partial charge >= 0.3 is 0 Å². The Morgan fingerprint density at radius 3 is 2.21 bits per heavy atom. The van der Waals surface area contributed by atoms with E-state index >= 15 is 0 Å². The second-order valence-corrected chi connectivity index (χ2v) is 7.25. The average molecular weight is 388 g/mol. The summed E-state index contributed by atoms with van der Waals surface area (Å²) >= 11 is 6.93. The molecule has 1 rings (SSSR count). The van der Waals surface area contributed by atoms with Gasteiger partial charge in [0.15, 0.2) is 0 Å². The average Bonchev–Trinajstić information content (AvgIpc) is 2.35. The van der Waals surface area contributed by atoms with E-state index in [-0.39, 0.29) is 21.1 Å². The minimum Gasteiger partial charge on any atom is -0.350 e. The highest BCUT2D eigenvalue weighted by Gasteiger charge is 2.27. The number of nitriles is 1. The number of nitrogens with zero attached hydrogens (tertiary/aromatic N) is 1. The van der Waals surface area contributed by atoms with Crippen LogP contribution in [0.2, 0.25) is 0 Å². The van der Waals surface area contributed by atoms with Crippen LogP contribution < -0.4 is 5.32 Å². The summed E-state index contributed by atoms with van der Waals surface area (Å²) in [5.74, 6) is -0.0706. The van der Waals surface area contributed by atoms with E-state index in [2.05, 4.69) is 43.2 Å². The van der Waals surface area contributed by atoms with Crippen molar-refractivity contribution in [2.75, 3.05) is 0 Å². The minimum absolute atomic E-state index is 0.0706. The van der Waals surface area contributed by atoms with Gasteiger partial charge < -0.3 is 5.32 Å². The maximum absolute atomic E-state index is 12.1. The van der Waals surface area contributed by atoms with Crippen molar-refractivity contribution in [3.63, 3.8) is 0 Å². The second kappa shape index (κ2) is 6.53. The van der Waals surface area contributed by atoms with Crippen LogP contribution in [0.25, 0.3) is 0 Å². The number of carbonyl (C=O) groups is 1. The fourth-order valence-electron chi connectivity index (χ4n) is 1.48. The Morgan fingerprint density at radius 2 is 1.79 bits per heavy atom. The van der Waals surface area contributed by atoms with Gasteiger partial charge in [-0.05, 0) is 38.5 Å². The highest BCUT2D eigenvalue weighted by Crippen LogP contribution is 2.31. The van der Waals surface area contributed by atoms with Gasteiger partial charge in [-0.1, -0.05) is 44.0 Å². The molecule has 0 saturated heterocycles. The summed E-state index contributed by atoms with van der Waals surface area (Å²) in [4.78, 5) is 11.5. The van der Waals surface area contributed by atoms with Gasteiger partial charge in [0.1, 0.15) is 4.83 Å². The van der Waals surface area contributed by atoms with E-state index < -0.39 is 0 Å². The maximum atomic E-state index is 12.1. The van der Waals surface area contributed by atoms with Crippen LogP contribution in [0.15, 0.2) is 24.3 Å². The van der Waals surface area contributed by atoms with Crippen LogP contribution >= 0.6 is 31.9 Å². The predicted octanol–water partition coefficient (Wildman–Crippen LogP) is 3.67. The monoisotopic (exact) mass is 386 g/mol. The Balaban J connectivity index is 2.78. The van der Waals surface area contributed by atoms with Gasteiger partial charge in [0.25, 0.3) is 0 Å². The Bertz CT molecular complexity index is 486. The summed E-state index contributed by atoms with van der Waals surface area (Å²) in [7, 11) is 0.